The third-order valence-corrected chi connectivity index (χ3v) is 3.92. The zero-order chi connectivity index (χ0) is 16.2. The first kappa shape index (κ1) is 15.5. The fourth-order valence-corrected chi connectivity index (χ4v) is 2.70. The van der Waals surface area contributed by atoms with Gasteiger partial charge in [0.15, 0.2) is 5.11 Å². The lowest BCUT2D eigenvalue weighted by molar-refractivity contribution is 0.0979. The molecule has 0 aliphatic carbocycles. The van der Waals surface area contributed by atoms with Crippen molar-refractivity contribution in [2.24, 2.45) is 0 Å². The van der Waals surface area contributed by atoms with Crippen molar-refractivity contribution in [3.05, 3.63) is 77.3 Å². The van der Waals surface area contributed by atoms with Crippen LogP contribution in [-0.4, -0.2) is 11.0 Å². The molecule has 0 heterocycles. The molecule has 0 unspecified atom stereocenters. The van der Waals surface area contributed by atoms with E-state index in [2.05, 4.69) is 10.6 Å². The number of thiocarbonyl (C=S) groups is 1. The van der Waals surface area contributed by atoms with Crippen LogP contribution in [0.5, 0.6) is 0 Å². The zero-order valence-corrected chi connectivity index (χ0v) is 13.6. The number of halogens is 1. The molecule has 3 aromatic carbocycles. The zero-order valence-electron chi connectivity index (χ0n) is 12.0. The van der Waals surface area contributed by atoms with Crippen LogP contribution >= 0.6 is 23.8 Å². The normalized spacial score (nSPS) is 10.3. The quantitative estimate of drug-likeness (QED) is 0.669. The van der Waals surface area contributed by atoms with E-state index in [0.717, 1.165) is 10.8 Å². The first-order chi connectivity index (χ1) is 11.1. The molecule has 0 fully saturated rings. The summed E-state index contributed by atoms with van der Waals surface area (Å²) < 4.78 is 0. The van der Waals surface area contributed by atoms with E-state index >= 15 is 0 Å². The summed E-state index contributed by atoms with van der Waals surface area (Å²) in [4.78, 5) is 12.5. The fourth-order valence-electron chi connectivity index (χ4n) is 2.31. The molecule has 114 valence electrons. The van der Waals surface area contributed by atoms with Gasteiger partial charge in [0.05, 0.1) is 10.7 Å². The van der Waals surface area contributed by atoms with Crippen molar-refractivity contribution in [2.75, 3.05) is 5.32 Å². The number of fused-ring (bicyclic) bond motifs is 1. The highest BCUT2D eigenvalue weighted by Gasteiger charge is 2.11. The molecule has 0 aliphatic heterocycles. The highest BCUT2D eigenvalue weighted by Crippen LogP contribution is 2.21. The van der Waals surface area contributed by atoms with Gasteiger partial charge in [0.25, 0.3) is 5.91 Å². The number of para-hydroxylation sites is 1. The summed E-state index contributed by atoms with van der Waals surface area (Å²) >= 11 is 11.3. The van der Waals surface area contributed by atoms with E-state index in [0.29, 0.717) is 16.3 Å². The summed E-state index contributed by atoms with van der Waals surface area (Å²) in [6.07, 6.45) is 0. The van der Waals surface area contributed by atoms with Gasteiger partial charge in [-0.1, -0.05) is 60.1 Å². The first-order valence-corrected chi connectivity index (χ1v) is 7.78. The van der Waals surface area contributed by atoms with Crippen LogP contribution in [0.3, 0.4) is 0 Å². The van der Waals surface area contributed by atoms with Gasteiger partial charge in [-0.25, -0.2) is 0 Å². The van der Waals surface area contributed by atoms with Gasteiger partial charge in [-0.15, -0.1) is 0 Å². The third kappa shape index (κ3) is 3.50. The van der Waals surface area contributed by atoms with E-state index in [1.807, 2.05) is 48.5 Å². The van der Waals surface area contributed by atoms with Gasteiger partial charge in [-0.05, 0) is 41.2 Å². The van der Waals surface area contributed by atoms with E-state index in [-0.39, 0.29) is 11.0 Å². The van der Waals surface area contributed by atoms with Crippen LogP contribution in [0.1, 0.15) is 10.4 Å². The number of amides is 1. The van der Waals surface area contributed by atoms with Gasteiger partial charge in [0.2, 0.25) is 0 Å². The van der Waals surface area contributed by atoms with Crippen LogP contribution < -0.4 is 10.6 Å². The number of hydrogen-bond donors (Lipinski definition) is 2. The summed E-state index contributed by atoms with van der Waals surface area (Å²) in [6, 6.07) is 20.5. The number of carbonyl (C=O) groups is 1. The summed E-state index contributed by atoms with van der Waals surface area (Å²) in [6.45, 7) is 0. The Hall–Kier alpha value is -2.43. The molecule has 0 saturated heterocycles. The molecule has 3 rings (SSSR count). The van der Waals surface area contributed by atoms with Crippen LogP contribution in [0.4, 0.5) is 5.69 Å². The molecule has 0 bridgehead atoms. The number of hydrogen-bond acceptors (Lipinski definition) is 2. The van der Waals surface area contributed by atoms with Crippen molar-refractivity contribution < 1.29 is 4.79 Å². The SMILES string of the molecule is O=C(NC(=S)Nc1ccccc1Cl)c1cccc2ccccc12. The van der Waals surface area contributed by atoms with E-state index < -0.39 is 0 Å². The lowest BCUT2D eigenvalue weighted by Crippen LogP contribution is -2.34. The lowest BCUT2D eigenvalue weighted by atomic mass is 10.0. The van der Waals surface area contributed by atoms with Crippen LogP contribution in [0.25, 0.3) is 10.8 Å². The number of nitrogens with one attached hydrogen (secondary N) is 2. The van der Waals surface area contributed by atoms with Gasteiger partial charge in [0, 0.05) is 5.56 Å². The number of rotatable bonds is 2. The molecular weight excluding hydrogens is 328 g/mol. The average Bonchev–Trinajstić information content (AvgIpc) is 2.56. The maximum absolute atomic E-state index is 12.5. The number of anilines is 1. The Bertz CT molecular complexity index is 890. The van der Waals surface area contributed by atoms with Crippen LogP contribution in [0.15, 0.2) is 66.7 Å². The Labute approximate surface area is 144 Å². The molecule has 3 nitrogen and oxygen atoms in total. The fraction of sp³-hybridized carbons (Fsp3) is 0. The second kappa shape index (κ2) is 6.77. The first-order valence-electron chi connectivity index (χ1n) is 7.00. The molecule has 0 spiro atoms. The second-order valence-corrected chi connectivity index (χ2v) is 5.73. The van der Waals surface area contributed by atoms with E-state index in [1.54, 1.807) is 18.2 Å². The highest BCUT2D eigenvalue weighted by molar-refractivity contribution is 7.80. The molecule has 5 heteroatoms. The summed E-state index contributed by atoms with van der Waals surface area (Å²) in [5.74, 6) is -0.258. The maximum atomic E-state index is 12.5. The predicted molar refractivity (Wildman–Crippen MR) is 99.1 cm³/mol. The monoisotopic (exact) mass is 340 g/mol. The van der Waals surface area contributed by atoms with Gasteiger partial charge in [0.1, 0.15) is 0 Å². The van der Waals surface area contributed by atoms with Crippen molar-refractivity contribution in [3.8, 4) is 0 Å². The Morgan fingerprint density at radius 1 is 0.913 bits per heavy atom. The standard InChI is InChI=1S/C18H13ClN2OS/c19-15-10-3-4-11-16(15)20-18(23)21-17(22)14-9-5-7-12-6-1-2-8-13(12)14/h1-11H,(H2,20,21,22,23). The summed E-state index contributed by atoms with van der Waals surface area (Å²) in [5, 5.41) is 8.24. The molecule has 23 heavy (non-hydrogen) atoms. The minimum Gasteiger partial charge on any atom is -0.331 e. The van der Waals surface area contributed by atoms with Crippen LogP contribution in [0, 0.1) is 0 Å². The molecule has 0 saturated carbocycles. The van der Waals surface area contributed by atoms with Crippen LogP contribution in [0.2, 0.25) is 5.02 Å². The Morgan fingerprint density at radius 3 is 2.43 bits per heavy atom. The van der Waals surface area contributed by atoms with Crippen molar-refractivity contribution >= 4 is 51.3 Å². The van der Waals surface area contributed by atoms with Crippen molar-refractivity contribution in [1.29, 1.82) is 0 Å². The van der Waals surface area contributed by atoms with Gasteiger partial charge >= 0.3 is 0 Å². The molecule has 1 amide bonds. The largest absolute Gasteiger partial charge is 0.331 e. The van der Waals surface area contributed by atoms with Crippen LogP contribution in [-0.2, 0) is 0 Å². The minimum atomic E-state index is -0.258. The predicted octanol–water partition coefficient (Wildman–Crippen LogP) is 4.62. The Morgan fingerprint density at radius 2 is 1.61 bits per heavy atom. The van der Waals surface area contributed by atoms with Crippen molar-refractivity contribution in [2.45, 2.75) is 0 Å². The summed E-state index contributed by atoms with van der Waals surface area (Å²) in [7, 11) is 0. The smallest absolute Gasteiger partial charge is 0.258 e. The number of benzene rings is 3. The Kier molecular flexibility index (Phi) is 4.55. The molecule has 0 radical (unpaired) electrons. The van der Waals surface area contributed by atoms with Crippen molar-refractivity contribution in [3.63, 3.8) is 0 Å². The van der Waals surface area contributed by atoms with E-state index in [9.17, 15) is 4.79 Å². The van der Waals surface area contributed by atoms with E-state index in [1.165, 1.54) is 0 Å². The maximum Gasteiger partial charge on any atom is 0.258 e. The van der Waals surface area contributed by atoms with E-state index in [4.69, 9.17) is 23.8 Å². The van der Waals surface area contributed by atoms with Gasteiger partial charge in [-0.3, -0.25) is 10.1 Å². The molecule has 0 aliphatic rings. The van der Waals surface area contributed by atoms with Crippen molar-refractivity contribution in [1.82, 2.24) is 5.32 Å². The number of carbonyl (C=O) groups excluding carboxylic acids is 1. The molecule has 0 aromatic heterocycles. The third-order valence-electron chi connectivity index (χ3n) is 3.38. The molecular formula is C18H13ClN2OS. The second-order valence-electron chi connectivity index (χ2n) is 4.91. The summed E-state index contributed by atoms with van der Waals surface area (Å²) in [5.41, 5.74) is 1.23. The highest BCUT2D eigenvalue weighted by atomic mass is 35.5. The lowest BCUT2D eigenvalue weighted by Gasteiger charge is -2.11. The molecule has 2 N–H and O–H groups in total. The Balaban J connectivity index is 1.78. The topological polar surface area (TPSA) is 41.1 Å². The molecule has 3 aromatic rings. The van der Waals surface area contributed by atoms with Gasteiger partial charge in [-0.2, -0.15) is 0 Å². The minimum absolute atomic E-state index is 0.205. The average molecular weight is 341 g/mol. The molecule has 0 atom stereocenters. The van der Waals surface area contributed by atoms with Gasteiger partial charge < -0.3 is 5.32 Å².